The Morgan fingerprint density at radius 1 is 1.00 bits per heavy atom. The van der Waals surface area contributed by atoms with Crippen molar-refractivity contribution in [3.63, 3.8) is 0 Å². The zero-order valence-electron chi connectivity index (χ0n) is 14.0. The van der Waals surface area contributed by atoms with E-state index in [1.807, 2.05) is 36.4 Å². The highest BCUT2D eigenvalue weighted by atomic mass is 35.5. The van der Waals surface area contributed by atoms with E-state index in [4.69, 9.17) is 4.42 Å². The Morgan fingerprint density at radius 2 is 1.77 bits per heavy atom. The molecule has 26 heavy (non-hydrogen) atoms. The molecule has 1 aliphatic rings. The molecule has 5 rings (SSSR count). The summed E-state index contributed by atoms with van der Waals surface area (Å²) in [6.07, 6.45) is 5.98. The number of aromatic nitrogens is 2. The lowest BCUT2D eigenvalue weighted by Gasteiger charge is -2.18. The molecule has 0 radical (unpaired) electrons. The van der Waals surface area contributed by atoms with Gasteiger partial charge in [-0.3, -0.25) is 0 Å². The van der Waals surface area contributed by atoms with Crippen LogP contribution in [0.5, 0.6) is 5.75 Å². The van der Waals surface area contributed by atoms with Crippen molar-refractivity contribution in [2.24, 2.45) is 0 Å². The molecule has 6 heteroatoms. The minimum Gasteiger partial charge on any atom is -0.506 e. The SMILES string of the molecule is Cl.Oc1cc2c(cc1Nc1ncnc3c1oc1ccccc13)CCCC2. The Hall–Kier alpha value is -2.79. The minimum absolute atomic E-state index is 0. The van der Waals surface area contributed by atoms with E-state index in [2.05, 4.69) is 15.3 Å². The van der Waals surface area contributed by atoms with Crippen LogP contribution in [0.15, 0.2) is 47.1 Å². The summed E-state index contributed by atoms with van der Waals surface area (Å²) in [5.74, 6) is 0.802. The fraction of sp³-hybridized carbons (Fsp3) is 0.200. The minimum atomic E-state index is 0. The number of nitrogens with zero attached hydrogens (tertiary/aromatic N) is 2. The first-order valence-corrected chi connectivity index (χ1v) is 8.53. The topological polar surface area (TPSA) is 71.2 Å². The van der Waals surface area contributed by atoms with Crippen LogP contribution in [0, 0.1) is 0 Å². The van der Waals surface area contributed by atoms with Gasteiger partial charge in [0, 0.05) is 5.39 Å². The Balaban J connectivity index is 0.00000168. The van der Waals surface area contributed by atoms with Gasteiger partial charge < -0.3 is 14.8 Å². The maximum atomic E-state index is 10.4. The predicted molar refractivity (Wildman–Crippen MR) is 105 cm³/mol. The van der Waals surface area contributed by atoms with E-state index < -0.39 is 0 Å². The number of benzene rings is 2. The number of para-hydroxylation sites is 1. The molecule has 0 aliphatic heterocycles. The Kier molecular flexibility index (Phi) is 4.17. The van der Waals surface area contributed by atoms with Gasteiger partial charge in [-0.15, -0.1) is 12.4 Å². The van der Waals surface area contributed by atoms with E-state index in [1.54, 1.807) is 0 Å². The third kappa shape index (κ3) is 2.65. The molecule has 0 bridgehead atoms. The Bertz CT molecular complexity index is 1110. The molecular weight excluding hydrogens is 350 g/mol. The van der Waals surface area contributed by atoms with Crippen LogP contribution in [-0.4, -0.2) is 15.1 Å². The van der Waals surface area contributed by atoms with E-state index in [1.165, 1.54) is 30.3 Å². The summed E-state index contributed by atoms with van der Waals surface area (Å²) in [6.45, 7) is 0. The van der Waals surface area contributed by atoms with E-state index in [0.717, 1.165) is 29.3 Å². The molecule has 1 aliphatic carbocycles. The van der Waals surface area contributed by atoms with Crippen LogP contribution < -0.4 is 5.32 Å². The highest BCUT2D eigenvalue weighted by molar-refractivity contribution is 6.05. The van der Waals surface area contributed by atoms with Crippen LogP contribution in [0.3, 0.4) is 0 Å². The number of hydrogen-bond acceptors (Lipinski definition) is 5. The van der Waals surface area contributed by atoms with Crippen molar-refractivity contribution in [2.45, 2.75) is 25.7 Å². The van der Waals surface area contributed by atoms with Crippen molar-refractivity contribution in [3.8, 4) is 5.75 Å². The fourth-order valence-electron chi connectivity index (χ4n) is 3.61. The van der Waals surface area contributed by atoms with Gasteiger partial charge in [0.05, 0.1) is 5.69 Å². The molecule has 4 aromatic rings. The summed E-state index contributed by atoms with van der Waals surface area (Å²) in [7, 11) is 0. The molecule has 0 saturated carbocycles. The van der Waals surface area contributed by atoms with Gasteiger partial charge in [-0.25, -0.2) is 9.97 Å². The first-order chi connectivity index (χ1) is 12.3. The lowest BCUT2D eigenvalue weighted by Crippen LogP contribution is -2.04. The quantitative estimate of drug-likeness (QED) is 0.481. The zero-order valence-corrected chi connectivity index (χ0v) is 14.8. The number of phenolic OH excluding ortho intramolecular Hbond substituents is 1. The number of nitrogens with one attached hydrogen (secondary N) is 1. The average Bonchev–Trinajstić information content (AvgIpc) is 3.02. The Labute approximate surface area is 156 Å². The first-order valence-electron chi connectivity index (χ1n) is 8.53. The summed E-state index contributed by atoms with van der Waals surface area (Å²) < 4.78 is 5.94. The summed E-state index contributed by atoms with van der Waals surface area (Å²) in [4.78, 5) is 8.68. The van der Waals surface area contributed by atoms with Gasteiger partial charge in [0.2, 0.25) is 0 Å². The van der Waals surface area contributed by atoms with Gasteiger partial charge in [0.25, 0.3) is 0 Å². The first kappa shape index (κ1) is 16.7. The van der Waals surface area contributed by atoms with Crippen molar-refractivity contribution < 1.29 is 9.52 Å². The standard InChI is InChI=1S/C20H17N3O2.ClH/c24-16-10-13-6-2-1-5-12(13)9-15(16)23-20-19-18(21-11-22-20)14-7-3-4-8-17(14)25-19;/h3-4,7-11,24H,1-2,5-6H2,(H,21,22,23);1H. The highest BCUT2D eigenvalue weighted by Crippen LogP contribution is 2.36. The normalized spacial score (nSPS) is 13.4. The summed E-state index contributed by atoms with van der Waals surface area (Å²) >= 11 is 0. The lowest BCUT2D eigenvalue weighted by atomic mass is 9.91. The van der Waals surface area contributed by atoms with Gasteiger partial charge in [-0.2, -0.15) is 0 Å². The van der Waals surface area contributed by atoms with E-state index in [9.17, 15) is 5.11 Å². The molecule has 0 amide bonds. The molecule has 0 atom stereocenters. The number of aryl methyl sites for hydroxylation is 2. The molecule has 2 aromatic carbocycles. The molecule has 5 nitrogen and oxygen atoms in total. The van der Waals surface area contributed by atoms with Gasteiger partial charge in [0.15, 0.2) is 11.4 Å². The summed E-state index contributed by atoms with van der Waals surface area (Å²) in [5, 5.41) is 14.6. The van der Waals surface area contributed by atoms with Crippen molar-refractivity contribution in [1.82, 2.24) is 9.97 Å². The van der Waals surface area contributed by atoms with Gasteiger partial charge >= 0.3 is 0 Å². The van der Waals surface area contributed by atoms with Gasteiger partial charge in [-0.05, 0) is 61.1 Å². The molecular formula is C20H18ClN3O2. The van der Waals surface area contributed by atoms with Crippen LogP contribution in [0.2, 0.25) is 0 Å². The average molecular weight is 368 g/mol. The summed E-state index contributed by atoms with van der Waals surface area (Å²) in [5.41, 5.74) is 5.33. The second-order valence-corrected chi connectivity index (χ2v) is 6.47. The second-order valence-electron chi connectivity index (χ2n) is 6.47. The van der Waals surface area contributed by atoms with Crippen LogP contribution in [-0.2, 0) is 12.8 Å². The van der Waals surface area contributed by atoms with Gasteiger partial charge in [0.1, 0.15) is 23.2 Å². The van der Waals surface area contributed by atoms with Crippen LogP contribution in [0.25, 0.3) is 22.1 Å². The monoisotopic (exact) mass is 367 g/mol. The van der Waals surface area contributed by atoms with Crippen LogP contribution >= 0.6 is 12.4 Å². The van der Waals surface area contributed by atoms with Crippen LogP contribution in [0.4, 0.5) is 11.5 Å². The number of fused-ring (bicyclic) bond motifs is 4. The third-order valence-corrected chi connectivity index (χ3v) is 4.87. The highest BCUT2D eigenvalue weighted by Gasteiger charge is 2.16. The fourth-order valence-corrected chi connectivity index (χ4v) is 3.61. The molecule has 0 spiro atoms. The molecule has 0 saturated heterocycles. The molecule has 2 heterocycles. The molecule has 0 fully saturated rings. The number of phenols is 1. The van der Waals surface area contributed by atoms with Crippen molar-refractivity contribution in [3.05, 3.63) is 53.9 Å². The summed E-state index contributed by atoms with van der Waals surface area (Å²) in [6, 6.07) is 11.7. The number of hydrogen-bond donors (Lipinski definition) is 2. The Morgan fingerprint density at radius 3 is 2.62 bits per heavy atom. The predicted octanol–water partition coefficient (Wildman–Crippen LogP) is 5.13. The second kappa shape index (κ2) is 6.50. The number of furan rings is 1. The maximum absolute atomic E-state index is 10.4. The van der Waals surface area contributed by atoms with Gasteiger partial charge in [-0.1, -0.05) is 12.1 Å². The van der Waals surface area contributed by atoms with Crippen LogP contribution in [0.1, 0.15) is 24.0 Å². The number of anilines is 2. The lowest BCUT2D eigenvalue weighted by molar-refractivity contribution is 0.475. The molecule has 132 valence electrons. The molecule has 0 unspecified atom stereocenters. The number of halogens is 1. The van der Waals surface area contributed by atoms with E-state index in [-0.39, 0.29) is 18.2 Å². The van der Waals surface area contributed by atoms with Crippen molar-refractivity contribution in [1.29, 1.82) is 0 Å². The van der Waals surface area contributed by atoms with Crippen molar-refractivity contribution in [2.75, 3.05) is 5.32 Å². The van der Waals surface area contributed by atoms with E-state index in [0.29, 0.717) is 17.1 Å². The smallest absolute Gasteiger partial charge is 0.196 e. The number of rotatable bonds is 2. The number of aromatic hydroxyl groups is 1. The van der Waals surface area contributed by atoms with Crippen molar-refractivity contribution >= 4 is 46.0 Å². The third-order valence-electron chi connectivity index (χ3n) is 4.87. The zero-order chi connectivity index (χ0) is 16.8. The van der Waals surface area contributed by atoms with E-state index >= 15 is 0 Å². The molecule has 2 aromatic heterocycles. The maximum Gasteiger partial charge on any atom is 0.196 e. The largest absolute Gasteiger partial charge is 0.506 e. The molecule has 2 N–H and O–H groups in total.